The highest BCUT2D eigenvalue weighted by atomic mass is 32.3. The lowest BCUT2D eigenvalue weighted by Crippen LogP contribution is -2.52. The number of quaternary nitrogens is 1. The van der Waals surface area contributed by atoms with Gasteiger partial charge in [0, 0.05) is 60.7 Å². The molecule has 0 aliphatic rings. The van der Waals surface area contributed by atoms with Crippen LogP contribution in [0.15, 0.2) is 121 Å². The first kappa shape index (κ1) is 57.2. The molecule has 5 aromatic rings. The summed E-state index contributed by atoms with van der Waals surface area (Å²) in [5.41, 5.74) is -5.64. The van der Waals surface area contributed by atoms with Crippen molar-refractivity contribution >= 4 is 38.8 Å². The Hall–Kier alpha value is -7.11. The van der Waals surface area contributed by atoms with Gasteiger partial charge in [-0.2, -0.15) is 8.42 Å². The topological polar surface area (TPSA) is 311 Å². The number of non-ortho nitro benzene ring substituents is 5. The van der Waals surface area contributed by atoms with Crippen LogP contribution >= 0.6 is 0 Å². The van der Waals surface area contributed by atoms with E-state index in [1.807, 2.05) is 0 Å². The fourth-order valence-electron chi connectivity index (χ4n) is 8.52. The zero-order valence-electron chi connectivity index (χ0n) is 39.4. The molecular formula is C48H59N6O15S+. The Kier molecular flexibility index (Phi) is 21.3. The maximum Gasteiger partial charge on any atom is 0.394 e. The van der Waals surface area contributed by atoms with Crippen molar-refractivity contribution in [1.82, 2.24) is 0 Å². The van der Waals surface area contributed by atoms with Gasteiger partial charge in [-0.1, -0.05) is 89.8 Å². The molecule has 0 aliphatic carbocycles. The Labute approximate surface area is 405 Å². The number of rotatable bonds is 23. The number of aliphatic hydroxyl groups is 1. The predicted octanol–water partition coefficient (Wildman–Crippen LogP) is 10.8. The predicted molar refractivity (Wildman–Crippen MR) is 262 cm³/mol. The molecule has 0 saturated heterocycles. The van der Waals surface area contributed by atoms with E-state index in [1.165, 1.54) is 143 Å². The second-order valence-electron chi connectivity index (χ2n) is 16.6. The van der Waals surface area contributed by atoms with E-state index in [9.17, 15) is 55.7 Å². The van der Waals surface area contributed by atoms with E-state index in [-0.39, 0.29) is 56.3 Å². The van der Waals surface area contributed by atoms with Gasteiger partial charge in [0.05, 0.1) is 56.2 Å². The Morgan fingerprint density at radius 2 is 0.571 bits per heavy atom. The molecule has 5 rings (SSSR count). The molecule has 70 heavy (non-hydrogen) atoms. The molecule has 0 saturated carbocycles. The summed E-state index contributed by atoms with van der Waals surface area (Å²) in [6.45, 7) is 15.0. The highest BCUT2D eigenvalue weighted by Crippen LogP contribution is 2.56. The van der Waals surface area contributed by atoms with Crippen LogP contribution in [0.2, 0.25) is 0 Å². The molecular weight excluding hydrogens is 933 g/mol. The molecule has 22 heteroatoms. The minimum Gasteiger partial charge on any atom is -0.379 e. The fourth-order valence-corrected chi connectivity index (χ4v) is 8.52. The lowest BCUT2D eigenvalue weighted by atomic mass is 9.55. The number of nitro groups is 5. The van der Waals surface area contributed by atoms with E-state index in [0.29, 0.717) is 0 Å². The van der Waals surface area contributed by atoms with Crippen molar-refractivity contribution in [3.05, 3.63) is 200 Å². The second kappa shape index (κ2) is 26.0. The maximum atomic E-state index is 13.5. The number of nitro benzene ring substituents is 5. The van der Waals surface area contributed by atoms with Crippen LogP contribution in [0.5, 0.6) is 0 Å². The van der Waals surface area contributed by atoms with Crippen molar-refractivity contribution in [1.29, 1.82) is 0 Å². The first-order valence-corrected chi connectivity index (χ1v) is 24.0. The SMILES string of the molecule is CCCC[N+](CCCC)(CCCC)CCCC.O=S(=O)(O)O.O=[N+]([O-])c1ccc(C(O)(c2ccc([N+](=O)[O-])cc2)C(c2ccc([N+](=O)[O-])cc2)(c2ccc([N+](=O)[O-])cc2)c2ccc([N+](=O)[O-])cc2)cc1. The summed E-state index contributed by atoms with van der Waals surface area (Å²) in [5.74, 6) is 0. The summed E-state index contributed by atoms with van der Waals surface area (Å²) in [5, 5.41) is 71.5. The van der Waals surface area contributed by atoms with Gasteiger partial charge in [-0.15, -0.1) is 0 Å². The number of nitrogens with zero attached hydrogens (tertiary/aromatic N) is 6. The lowest BCUT2D eigenvalue weighted by Gasteiger charge is -2.49. The van der Waals surface area contributed by atoms with Gasteiger partial charge in [-0.3, -0.25) is 59.7 Å². The van der Waals surface area contributed by atoms with Crippen LogP contribution in [0.4, 0.5) is 28.4 Å². The Balaban J connectivity index is 0.000000491. The van der Waals surface area contributed by atoms with E-state index in [2.05, 4.69) is 27.7 Å². The molecule has 0 radical (unpaired) electrons. The van der Waals surface area contributed by atoms with E-state index in [0.717, 1.165) is 60.7 Å². The van der Waals surface area contributed by atoms with Crippen LogP contribution in [0, 0.1) is 50.6 Å². The molecule has 0 fully saturated rings. The van der Waals surface area contributed by atoms with Gasteiger partial charge in [-0.05, 0) is 77.8 Å². The van der Waals surface area contributed by atoms with Crippen LogP contribution in [0.3, 0.4) is 0 Å². The molecule has 0 unspecified atom stereocenters. The highest BCUT2D eigenvalue weighted by Gasteiger charge is 2.56. The quantitative estimate of drug-likeness (QED) is 0.0180. The third-order valence-corrected chi connectivity index (χ3v) is 12.0. The molecule has 0 atom stereocenters. The van der Waals surface area contributed by atoms with Crippen molar-refractivity contribution in [2.24, 2.45) is 0 Å². The molecule has 0 amide bonds. The molecule has 0 bridgehead atoms. The summed E-state index contributed by atoms with van der Waals surface area (Å²) in [6.07, 6.45) is 11.1. The van der Waals surface area contributed by atoms with Crippen LogP contribution in [0.25, 0.3) is 0 Å². The Morgan fingerprint density at radius 1 is 0.400 bits per heavy atom. The van der Waals surface area contributed by atoms with Crippen molar-refractivity contribution in [2.75, 3.05) is 26.2 Å². The second-order valence-corrected chi connectivity index (χ2v) is 17.5. The lowest BCUT2D eigenvalue weighted by molar-refractivity contribution is -0.929. The van der Waals surface area contributed by atoms with Crippen LogP contribution in [-0.4, -0.2) is 77.9 Å². The third kappa shape index (κ3) is 14.7. The zero-order valence-corrected chi connectivity index (χ0v) is 40.2. The summed E-state index contributed by atoms with van der Waals surface area (Å²) >= 11 is 0. The third-order valence-electron chi connectivity index (χ3n) is 12.0. The van der Waals surface area contributed by atoms with Gasteiger partial charge in [0.25, 0.3) is 28.4 Å². The van der Waals surface area contributed by atoms with Gasteiger partial charge in [0.2, 0.25) is 0 Å². The number of unbranched alkanes of at least 4 members (excludes halogenated alkanes) is 4. The molecule has 3 N–H and O–H groups in total. The summed E-state index contributed by atoms with van der Waals surface area (Å²) in [6, 6.07) is 24.5. The first-order chi connectivity index (χ1) is 33.0. The van der Waals surface area contributed by atoms with E-state index in [1.54, 1.807) is 0 Å². The standard InChI is InChI=1S/C32H21N5O11.C16H36N.H2O4S/c38-32(24-7-17-29(18-8-24)36(45)46,25-9-19-30(20-10-25)37(47)48)31(21-1-11-26(12-2-21)33(39)40,22-3-13-27(14-4-22)34(41)42)23-5-15-28(16-6-23)35(43)44;1-5-9-13-17(14-10-6-2,15-11-7-3)16-12-8-4;1-5(2,3)4/h1-20,38H;5-16H2,1-4H3;(H2,1,2,3,4)/q;+1;. The van der Waals surface area contributed by atoms with Gasteiger partial charge in [0.15, 0.2) is 0 Å². The van der Waals surface area contributed by atoms with Crippen molar-refractivity contribution in [3.63, 3.8) is 0 Å². The minimum absolute atomic E-state index is 0.00277. The van der Waals surface area contributed by atoms with Gasteiger partial charge >= 0.3 is 10.4 Å². The monoisotopic (exact) mass is 991 g/mol. The van der Waals surface area contributed by atoms with Crippen molar-refractivity contribution < 1.29 is 51.7 Å². The van der Waals surface area contributed by atoms with Crippen LogP contribution in [0.1, 0.15) is 107 Å². The zero-order chi connectivity index (χ0) is 52.3. The van der Waals surface area contributed by atoms with Gasteiger partial charge in [-0.25, -0.2) is 0 Å². The molecule has 0 aromatic heterocycles. The summed E-state index contributed by atoms with van der Waals surface area (Å²) < 4.78 is 33.0. The van der Waals surface area contributed by atoms with Crippen molar-refractivity contribution in [2.45, 2.75) is 90.1 Å². The average molecular weight is 992 g/mol. The number of benzene rings is 5. The van der Waals surface area contributed by atoms with Gasteiger partial charge < -0.3 is 9.59 Å². The molecule has 376 valence electrons. The average Bonchev–Trinajstić information content (AvgIpc) is 3.33. The number of hydrogen-bond donors (Lipinski definition) is 3. The fraction of sp³-hybridized carbons (Fsp3) is 0.375. The first-order valence-electron chi connectivity index (χ1n) is 22.6. The highest BCUT2D eigenvalue weighted by molar-refractivity contribution is 7.79. The molecule has 21 nitrogen and oxygen atoms in total. The maximum absolute atomic E-state index is 13.5. The largest absolute Gasteiger partial charge is 0.394 e. The molecule has 0 spiro atoms. The molecule has 5 aromatic carbocycles. The molecule has 0 heterocycles. The van der Waals surface area contributed by atoms with Gasteiger partial charge in [0.1, 0.15) is 5.60 Å². The Bertz CT molecular complexity index is 2390. The van der Waals surface area contributed by atoms with Crippen LogP contribution < -0.4 is 0 Å². The van der Waals surface area contributed by atoms with E-state index >= 15 is 0 Å². The normalized spacial score (nSPS) is 11.6. The Morgan fingerprint density at radius 3 is 0.729 bits per heavy atom. The molecule has 0 aliphatic heterocycles. The summed E-state index contributed by atoms with van der Waals surface area (Å²) in [7, 11) is -4.67. The van der Waals surface area contributed by atoms with E-state index < -0.39 is 46.0 Å². The van der Waals surface area contributed by atoms with Crippen LogP contribution in [-0.2, 0) is 21.4 Å². The minimum atomic E-state index is -4.67. The smallest absolute Gasteiger partial charge is 0.379 e. The summed E-state index contributed by atoms with van der Waals surface area (Å²) in [4.78, 5) is 54.8. The van der Waals surface area contributed by atoms with Crippen molar-refractivity contribution in [3.8, 4) is 0 Å². The number of hydrogen-bond acceptors (Lipinski definition) is 13. The van der Waals surface area contributed by atoms with E-state index in [4.69, 9.17) is 17.5 Å².